The summed E-state index contributed by atoms with van der Waals surface area (Å²) in [6.45, 7) is 4.14. The van der Waals surface area contributed by atoms with Gasteiger partial charge in [-0.05, 0) is 19.4 Å². The van der Waals surface area contributed by atoms with Crippen LogP contribution in [-0.2, 0) is 14.3 Å². The molecule has 1 heterocycles. The van der Waals surface area contributed by atoms with Gasteiger partial charge in [0.15, 0.2) is 0 Å². The number of ether oxygens (including phenoxy) is 2. The third kappa shape index (κ3) is 4.30. The summed E-state index contributed by atoms with van der Waals surface area (Å²) in [5.74, 6) is -1.42. The normalized spacial score (nSPS) is 10.5. The summed E-state index contributed by atoms with van der Waals surface area (Å²) in [7, 11) is 1.54. The summed E-state index contributed by atoms with van der Waals surface area (Å²) in [6.07, 6.45) is 0. The van der Waals surface area contributed by atoms with Crippen LogP contribution in [-0.4, -0.2) is 43.9 Å². The van der Waals surface area contributed by atoms with Crippen LogP contribution in [0.4, 0.5) is 5.00 Å². The Balaban J connectivity index is 2.64. The number of thiophene rings is 1. The molecule has 106 valence electrons. The number of aryl methyl sites for hydroxylation is 1. The molecule has 0 saturated carbocycles. The molecule has 0 radical (unpaired) electrons. The number of methoxy groups -OCH3 is 1. The topological polar surface area (TPSA) is 84.9 Å². The standard InChI is InChI=1S/C12H17NO5S/c1-7-8(2)19-11(10(7)12(15)16)13-9(14)6-18-5-4-17-3/h4-6H2,1-3H3,(H,13,14)(H,15,16). The van der Waals surface area contributed by atoms with E-state index in [4.69, 9.17) is 14.6 Å². The first-order valence-electron chi connectivity index (χ1n) is 5.67. The van der Waals surface area contributed by atoms with Crippen molar-refractivity contribution in [3.05, 3.63) is 16.0 Å². The Kier molecular flexibility index (Phi) is 5.94. The highest BCUT2D eigenvalue weighted by molar-refractivity contribution is 7.16. The van der Waals surface area contributed by atoms with Crippen LogP contribution in [0.15, 0.2) is 0 Å². The first-order valence-corrected chi connectivity index (χ1v) is 6.48. The molecule has 0 aliphatic carbocycles. The van der Waals surface area contributed by atoms with Crippen molar-refractivity contribution in [2.45, 2.75) is 13.8 Å². The molecule has 0 fully saturated rings. The molecule has 0 aromatic carbocycles. The van der Waals surface area contributed by atoms with Crippen LogP contribution < -0.4 is 5.32 Å². The van der Waals surface area contributed by atoms with Crippen LogP contribution in [0.5, 0.6) is 0 Å². The van der Waals surface area contributed by atoms with Crippen molar-refractivity contribution in [2.24, 2.45) is 0 Å². The van der Waals surface area contributed by atoms with Crippen molar-refractivity contribution in [1.29, 1.82) is 0 Å². The Bertz CT molecular complexity index is 469. The third-order valence-corrected chi connectivity index (χ3v) is 3.64. The molecule has 0 saturated heterocycles. The van der Waals surface area contributed by atoms with E-state index in [2.05, 4.69) is 5.32 Å². The SMILES string of the molecule is COCCOCC(=O)Nc1sc(C)c(C)c1C(=O)O. The van der Waals surface area contributed by atoms with E-state index in [-0.39, 0.29) is 18.1 Å². The number of rotatable bonds is 7. The summed E-state index contributed by atoms with van der Waals surface area (Å²) in [5, 5.41) is 12.0. The molecular weight excluding hydrogens is 270 g/mol. The number of aromatic carboxylic acids is 1. The van der Waals surface area contributed by atoms with Crippen molar-refractivity contribution in [1.82, 2.24) is 0 Å². The lowest BCUT2D eigenvalue weighted by Gasteiger charge is -2.05. The fourth-order valence-electron chi connectivity index (χ4n) is 1.44. The number of carbonyl (C=O) groups is 2. The van der Waals surface area contributed by atoms with Gasteiger partial charge in [0.05, 0.1) is 18.8 Å². The lowest BCUT2D eigenvalue weighted by molar-refractivity contribution is -0.121. The van der Waals surface area contributed by atoms with Crippen LogP contribution in [0.3, 0.4) is 0 Å². The number of carbonyl (C=O) groups excluding carboxylic acids is 1. The van der Waals surface area contributed by atoms with Gasteiger partial charge in [-0.15, -0.1) is 11.3 Å². The molecule has 0 bridgehead atoms. The molecule has 0 atom stereocenters. The summed E-state index contributed by atoms with van der Waals surface area (Å²) in [6, 6.07) is 0. The van der Waals surface area contributed by atoms with Crippen LogP contribution in [0, 0.1) is 13.8 Å². The van der Waals surface area contributed by atoms with Crippen molar-refractivity contribution >= 4 is 28.2 Å². The van der Waals surface area contributed by atoms with Crippen molar-refractivity contribution < 1.29 is 24.2 Å². The Morgan fingerprint density at radius 1 is 1.32 bits per heavy atom. The Hall–Kier alpha value is -1.44. The molecule has 1 aromatic heterocycles. The van der Waals surface area contributed by atoms with Gasteiger partial charge in [0.2, 0.25) is 0 Å². The fourth-order valence-corrected chi connectivity index (χ4v) is 2.51. The Morgan fingerprint density at radius 3 is 2.58 bits per heavy atom. The van der Waals surface area contributed by atoms with E-state index < -0.39 is 5.97 Å². The lowest BCUT2D eigenvalue weighted by Crippen LogP contribution is -2.20. The zero-order chi connectivity index (χ0) is 14.4. The van der Waals surface area contributed by atoms with E-state index in [0.29, 0.717) is 23.8 Å². The van der Waals surface area contributed by atoms with Crippen LogP contribution in [0.2, 0.25) is 0 Å². The summed E-state index contributed by atoms with van der Waals surface area (Å²) < 4.78 is 9.84. The molecule has 0 spiro atoms. The van der Waals surface area contributed by atoms with Crippen LogP contribution in [0.1, 0.15) is 20.8 Å². The number of anilines is 1. The number of nitrogens with one attached hydrogen (secondary N) is 1. The van der Waals surface area contributed by atoms with Gasteiger partial charge in [0.25, 0.3) is 5.91 Å². The molecular formula is C12H17NO5S. The Morgan fingerprint density at radius 2 is 2.00 bits per heavy atom. The quantitative estimate of drug-likeness (QED) is 0.745. The summed E-state index contributed by atoms with van der Waals surface area (Å²) >= 11 is 1.25. The molecule has 7 heteroatoms. The van der Waals surface area contributed by atoms with E-state index in [1.165, 1.54) is 11.3 Å². The molecule has 0 aliphatic rings. The number of carboxylic acid groups (broad SMARTS) is 1. The molecule has 1 aromatic rings. The molecule has 0 unspecified atom stereocenters. The van der Waals surface area contributed by atoms with Gasteiger partial charge in [0, 0.05) is 12.0 Å². The number of hydrogen-bond acceptors (Lipinski definition) is 5. The van der Waals surface area contributed by atoms with Gasteiger partial charge in [-0.1, -0.05) is 0 Å². The van der Waals surface area contributed by atoms with Gasteiger partial charge in [0.1, 0.15) is 11.6 Å². The zero-order valence-electron chi connectivity index (χ0n) is 11.1. The summed E-state index contributed by atoms with van der Waals surface area (Å²) in [4.78, 5) is 23.6. The predicted molar refractivity (Wildman–Crippen MR) is 72.1 cm³/mol. The van der Waals surface area contributed by atoms with E-state index in [0.717, 1.165) is 4.88 Å². The molecule has 1 rings (SSSR count). The van der Waals surface area contributed by atoms with Gasteiger partial charge < -0.3 is 19.9 Å². The van der Waals surface area contributed by atoms with Gasteiger partial charge in [-0.25, -0.2) is 4.79 Å². The van der Waals surface area contributed by atoms with Gasteiger partial charge in [-0.3, -0.25) is 4.79 Å². The average Bonchev–Trinajstić information content (AvgIpc) is 2.60. The van der Waals surface area contributed by atoms with Gasteiger partial charge >= 0.3 is 5.97 Å². The maximum atomic E-state index is 11.6. The molecule has 1 amide bonds. The minimum absolute atomic E-state index is 0.127. The smallest absolute Gasteiger partial charge is 0.338 e. The minimum Gasteiger partial charge on any atom is -0.478 e. The largest absolute Gasteiger partial charge is 0.478 e. The van der Waals surface area contributed by atoms with E-state index in [9.17, 15) is 9.59 Å². The molecule has 19 heavy (non-hydrogen) atoms. The Labute approximate surface area is 115 Å². The van der Waals surface area contributed by atoms with Gasteiger partial charge in [-0.2, -0.15) is 0 Å². The first kappa shape index (κ1) is 15.6. The molecule has 0 aliphatic heterocycles. The van der Waals surface area contributed by atoms with E-state index >= 15 is 0 Å². The van der Waals surface area contributed by atoms with Crippen molar-refractivity contribution in [3.63, 3.8) is 0 Å². The van der Waals surface area contributed by atoms with Crippen LogP contribution >= 0.6 is 11.3 Å². The second-order valence-corrected chi connectivity index (χ2v) is 5.11. The molecule has 6 nitrogen and oxygen atoms in total. The second kappa shape index (κ2) is 7.22. The highest BCUT2D eigenvalue weighted by Gasteiger charge is 2.20. The number of carboxylic acids is 1. The molecule has 2 N–H and O–H groups in total. The zero-order valence-corrected chi connectivity index (χ0v) is 11.9. The summed E-state index contributed by atoms with van der Waals surface area (Å²) in [5.41, 5.74) is 0.820. The highest BCUT2D eigenvalue weighted by atomic mass is 32.1. The maximum absolute atomic E-state index is 11.6. The second-order valence-electron chi connectivity index (χ2n) is 3.89. The number of hydrogen-bond donors (Lipinski definition) is 2. The number of amides is 1. The maximum Gasteiger partial charge on any atom is 0.338 e. The first-order chi connectivity index (χ1) is 8.97. The van der Waals surface area contributed by atoms with E-state index in [1.54, 1.807) is 14.0 Å². The average molecular weight is 287 g/mol. The monoisotopic (exact) mass is 287 g/mol. The fraction of sp³-hybridized carbons (Fsp3) is 0.500. The highest BCUT2D eigenvalue weighted by Crippen LogP contribution is 2.32. The lowest BCUT2D eigenvalue weighted by atomic mass is 10.1. The van der Waals surface area contributed by atoms with Crippen LogP contribution in [0.25, 0.3) is 0 Å². The van der Waals surface area contributed by atoms with Crippen molar-refractivity contribution in [3.8, 4) is 0 Å². The van der Waals surface area contributed by atoms with Crippen molar-refractivity contribution in [2.75, 3.05) is 32.2 Å². The predicted octanol–water partition coefficient (Wildman–Crippen LogP) is 1.66. The third-order valence-electron chi connectivity index (χ3n) is 2.52. The minimum atomic E-state index is -1.04. The van der Waals surface area contributed by atoms with E-state index in [1.807, 2.05) is 6.92 Å².